The van der Waals surface area contributed by atoms with Gasteiger partial charge < -0.3 is 5.73 Å². The van der Waals surface area contributed by atoms with Crippen LogP contribution in [0.3, 0.4) is 0 Å². The Morgan fingerprint density at radius 1 is 1.47 bits per heavy atom. The maximum atomic E-state index is 13.2. The van der Waals surface area contributed by atoms with E-state index in [-0.39, 0.29) is 15.8 Å². The van der Waals surface area contributed by atoms with E-state index in [2.05, 4.69) is 0 Å². The second kappa shape index (κ2) is 5.75. The molecule has 1 saturated heterocycles. The molecule has 1 heterocycles. The molecule has 1 fully saturated rings. The van der Waals surface area contributed by atoms with Crippen molar-refractivity contribution in [1.82, 2.24) is 4.31 Å². The van der Waals surface area contributed by atoms with Crippen LogP contribution in [0.1, 0.15) is 12.8 Å². The molecule has 0 spiro atoms. The van der Waals surface area contributed by atoms with Gasteiger partial charge >= 0.3 is 0 Å². The highest BCUT2D eigenvalue weighted by molar-refractivity contribution is 7.89. The van der Waals surface area contributed by atoms with Crippen molar-refractivity contribution in [3.8, 4) is 0 Å². The van der Waals surface area contributed by atoms with Crippen LogP contribution < -0.4 is 5.73 Å². The molecule has 1 aliphatic heterocycles. The third kappa shape index (κ3) is 3.08. The summed E-state index contributed by atoms with van der Waals surface area (Å²) in [5.41, 5.74) is 5.59. The lowest BCUT2D eigenvalue weighted by Gasteiger charge is -2.31. The van der Waals surface area contributed by atoms with E-state index < -0.39 is 15.8 Å². The van der Waals surface area contributed by atoms with Gasteiger partial charge in [-0.2, -0.15) is 4.31 Å². The number of nitrogens with two attached hydrogens (primary N) is 1. The Labute approximate surface area is 117 Å². The predicted octanol–water partition coefficient (Wildman–Crippen LogP) is 1.84. The molecule has 0 bridgehead atoms. The molecule has 1 aromatic carbocycles. The number of nitrogens with zero attached hydrogens (tertiary/aromatic N) is 1. The molecule has 1 aliphatic rings. The van der Waals surface area contributed by atoms with E-state index in [1.54, 1.807) is 0 Å². The molecule has 7 heteroatoms. The van der Waals surface area contributed by atoms with Crippen LogP contribution in [0.5, 0.6) is 0 Å². The van der Waals surface area contributed by atoms with Gasteiger partial charge in [-0.1, -0.05) is 11.6 Å². The fourth-order valence-electron chi connectivity index (χ4n) is 2.25. The lowest BCUT2D eigenvalue weighted by atomic mass is 10.0. The van der Waals surface area contributed by atoms with Crippen molar-refractivity contribution in [2.24, 2.45) is 11.7 Å². The molecule has 1 aromatic rings. The molecule has 19 heavy (non-hydrogen) atoms. The van der Waals surface area contributed by atoms with E-state index in [0.29, 0.717) is 19.6 Å². The zero-order chi connectivity index (χ0) is 14.0. The van der Waals surface area contributed by atoms with Gasteiger partial charge in [0.25, 0.3) is 0 Å². The predicted molar refractivity (Wildman–Crippen MR) is 71.9 cm³/mol. The highest BCUT2D eigenvalue weighted by Crippen LogP contribution is 2.28. The van der Waals surface area contributed by atoms with Crippen molar-refractivity contribution in [1.29, 1.82) is 0 Å². The van der Waals surface area contributed by atoms with E-state index in [1.807, 2.05) is 0 Å². The largest absolute Gasteiger partial charge is 0.330 e. The van der Waals surface area contributed by atoms with Crippen LogP contribution in [0.15, 0.2) is 23.1 Å². The maximum Gasteiger partial charge on any atom is 0.244 e. The normalized spacial score (nSPS) is 21.5. The Kier molecular flexibility index (Phi) is 4.45. The van der Waals surface area contributed by atoms with E-state index in [4.69, 9.17) is 17.3 Å². The van der Waals surface area contributed by atoms with Crippen LogP contribution in [0, 0.1) is 11.7 Å². The molecule has 2 rings (SSSR count). The molecule has 1 atom stereocenters. The van der Waals surface area contributed by atoms with Gasteiger partial charge in [0.2, 0.25) is 10.0 Å². The lowest BCUT2D eigenvalue weighted by molar-refractivity contribution is 0.271. The fraction of sp³-hybridized carbons (Fsp3) is 0.500. The van der Waals surface area contributed by atoms with Gasteiger partial charge in [0.05, 0.1) is 5.02 Å². The molecule has 2 N–H and O–H groups in total. The first-order chi connectivity index (χ1) is 8.95. The highest BCUT2D eigenvalue weighted by Gasteiger charge is 2.31. The quantitative estimate of drug-likeness (QED) is 0.927. The minimum Gasteiger partial charge on any atom is -0.330 e. The fourth-order valence-corrected chi connectivity index (χ4v) is 4.29. The van der Waals surface area contributed by atoms with E-state index >= 15 is 0 Å². The lowest BCUT2D eigenvalue weighted by Crippen LogP contribution is -2.42. The third-order valence-corrected chi connectivity index (χ3v) is 5.67. The Hall–Kier alpha value is -0.690. The number of rotatable bonds is 3. The number of halogens is 2. The van der Waals surface area contributed by atoms with Gasteiger partial charge in [0.1, 0.15) is 10.7 Å². The average molecular weight is 307 g/mol. The average Bonchev–Trinajstić information content (AvgIpc) is 2.41. The maximum absolute atomic E-state index is 13.2. The van der Waals surface area contributed by atoms with Gasteiger partial charge in [-0.25, -0.2) is 12.8 Å². The number of piperidine rings is 1. The molecule has 106 valence electrons. The Balaban J connectivity index is 2.34. The first kappa shape index (κ1) is 14.7. The van der Waals surface area contributed by atoms with Crippen LogP contribution in [0.25, 0.3) is 0 Å². The monoisotopic (exact) mass is 306 g/mol. The number of benzene rings is 1. The van der Waals surface area contributed by atoms with Gasteiger partial charge in [0.15, 0.2) is 0 Å². The molecule has 0 aliphatic carbocycles. The molecular formula is C12H16ClFN2O2S. The molecule has 0 amide bonds. The van der Waals surface area contributed by atoms with Gasteiger partial charge in [-0.05, 0) is 43.5 Å². The number of hydrogen-bond donors (Lipinski definition) is 1. The van der Waals surface area contributed by atoms with E-state index in [9.17, 15) is 12.8 Å². The summed E-state index contributed by atoms with van der Waals surface area (Å²) >= 11 is 5.87. The van der Waals surface area contributed by atoms with Crippen molar-refractivity contribution in [2.45, 2.75) is 17.7 Å². The van der Waals surface area contributed by atoms with E-state index in [0.717, 1.165) is 25.0 Å². The van der Waals surface area contributed by atoms with Crippen LogP contribution in [-0.4, -0.2) is 32.4 Å². The van der Waals surface area contributed by atoms with Crippen molar-refractivity contribution >= 4 is 21.6 Å². The second-order valence-electron chi connectivity index (χ2n) is 4.68. The highest BCUT2D eigenvalue weighted by atomic mass is 35.5. The summed E-state index contributed by atoms with van der Waals surface area (Å²) in [5.74, 6) is -0.466. The zero-order valence-electron chi connectivity index (χ0n) is 10.4. The summed E-state index contributed by atoms with van der Waals surface area (Å²) in [6.07, 6.45) is 1.67. The molecule has 0 radical (unpaired) electrons. The Morgan fingerprint density at radius 2 is 2.21 bits per heavy atom. The van der Waals surface area contributed by atoms with Crippen LogP contribution in [0.4, 0.5) is 4.39 Å². The summed E-state index contributed by atoms with van der Waals surface area (Å²) in [6.45, 7) is 1.24. The Morgan fingerprint density at radius 3 is 2.89 bits per heavy atom. The van der Waals surface area contributed by atoms with Crippen LogP contribution in [-0.2, 0) is 10.0 Å². The second-order valence-corrected chi connectivity index (χ2v) is 7.00. The van der Waals surface area contributed by atoms with Crippen molar-refractivity contribution in [3.63, 3.8) is 0 Å². The third-order valence-electron chi connectivity index (χ3n) is 3.33. The summed E-state index contributed by atoms with van der Waals surface area (Å²) < 4.78 is 39.5. The summed E-state index contributed by atoms with van der Waals surface area (Å²) in [5, 5.41) is 0.0382. The molecular weight excluding hydrogens is 291 g/mol. The molecule has 1 unspecified atom stereocenters. The van der Waals surface area contributed by atoms with Gasteiger partial charge in [-0.3, -0.25) is 0 Å². The Bertz CT molecular complexity index is 565. The smallest absolute Gasteiger partial charge is 0.244 e. The topological polar surface area (TPSA) is 63.4 Å². The summed E-state index contributed by atoms with van der Waals surface area (Å²) in [6, 6.07) is 3.36. The van der Waals surface area contributed by atoms with Gasteiger partial charge in [0, 0.05) is 13.1 Å². The van der Waals surface area contributed by atoms with Crippen LogP contribution in [0.2, 0.25) is 5.02 Å². The number of sulfonamides is 1. The minimum absolute atomic E-state index is 0.0382. The number of hydrogen-bond acceptors (Lipinski definition) is 3. The van der Waals surface area contributed by atoms with E-state index in [1.165, 1.54) is 10.4 Å². The first-order valence-electron chi connectivity index (χ1n) is 6.10. The van der Waals surface area contributed by atoms with Gasteiger partial charge in [-0.15, -0.1) is 0 Å². The van der Waals surface area contributed by atoms with Crippen molar-refractivity contribution in [3.05, 3.63) is 29.0 Å². The SMILES string of the molecule is NCC1CCCN(S(=O)(=O)c2cc(F)ccc2Cl)C1. The summed E-state index contributed by atoms with van der Waals surface area (Å²) in [4.78, 5) is -0.174. The molecule has 4 nitrogen and oxygen atoms in total. The standard InChI is InChI=1S/C12H16ClFN2O2S/c13-11-4-3-10(14)6-12(11)19(17,18)16-5-1-2-9(7-15)8-16/h3-4,6,9H,1-2,5,7-8,15H2. The van der Waals surface area contributed by atoms with Crippen molar-refractivity contribution < 1.29 is 12.8 Å². The van der Waals surface area contributed by atoms with Crippen molar-refractivity contribution in [2.75, 3.05) is 19.6 Å². The minimum atomic E-state index is -3.75. The zero-order valence-corrected chi connectivity index (χ0v) is 11.9. The summed E-state index contributed by atoms with van der Waals surface area (Å²) in [7, 11) is -3.75. The first-order valence-corrected chi connectivity index (χ1v) is 7.92. The van der Waals surface area contributed by atoms with Crippen LogP contribution >= 0.6 is 11.6 Å². The molecule has 0 saturated carbocycles. The molecule has 0 aromatic heterocycles.